The third kappa shape index (κ3) is 3.40. The van der Waals surface area contributed by atoms with Crippen molar-refractivity contribution in [3.63, 3.8) is 0 Å². The average molecular weight is 401 g/mol. The molecule has 3 aromatic rings. The lowest BCUT2D eigenvalue weighted by Gasteiger charge is -2.18. The minimum absolute atomic E-state index is 0.236. The normalized spacial score (nSPS) is 12.7. The zero-order chi connectivity index (χ0) is 19.7. The number of aromatic nitrogens is 4. The van der Waals surface area contributed by atoms with Crippen molar-refractivity contribution in [1.29, 1.82) is 0 Å². The number of nitrogens with zero attached hydrogens (tertiary/aromatic N) is 5. The number of ether oxygens (including phenoxy) is 2. The van der Waals surface area contributed by atoms with Crippen molar-refractivity contribution in [1.82, 2.24) is 19.5 Å². The fourth-order valence-electron chi connectivity index (χ4n) is 3.07. The predicted octanol–water partition coefficient (Wildman–Crippen LogP) is 2.09. The van der Waals surface area contributed by atoms with Gasteiger partial charge in [-0.2, -0.15) is 0 Å². The van der Waals surface area contributed by atoms with Gasteiger partial charge in [0.05, 0.1) is 5.69 Å². The van der Waals surface area contributed by atoms with Gasteiger partial charge in [0, 0.05) is 37.7 Å². The highest BCUT2D eigenvalue weighted by Gasteiger charge is 2.22. The van der Waals surface area contributed by atoms with Gasteiger partial charge >= 0.3 is 0 Å². The van der Waals surface area contributed by atoms with Gasteiger partial charge in [0.15, 0.2) is 33.6 Å². The molecule has 3 heterocycles. The quantitative estimate of drug-likeness (QED) is 0.574. The van der Waals surface area contributed by atoms with Gasteiger partial charge in [-0.15, -0.1) is 0 Å². The number of benzene rings is 1. The highest BCUT2D eigenvalue weighted by atomic mass is 32.2. The van der Waals surface area contributed by atoms with E-state index in [1.165, 1.54) is 6.33 Å². The molecule has 10 heteroatoms. The van der Waals surface area contributed by atoms with Gasteiger partial charge in [-0.05, 0) is 31.1 Å². The Kier molecular flexibility index (Phi) is 5.14. The van der Waals surface area contributed by atoms with Crippen molar-refractivity contribution in [2.24, 2.45) is 5.73 Å². The number of hydrogen-bond acceptors (Lipinski definition) is 9. The van der Waals surface area contributed by atoms with Crippen LogP contribution in [0.25, 0.3) is 11.2 Å². The number of rotatable bonds is 7. The maximum atomic E-state index is 6.04. The van der Waals surface area contributed by atoms with E-state index in [0.29, 0.717) is 17.9 Å². The summed E-state index contributed by atoms with van der Waals surface area (Å²) in [6.45, 7) is 1.65. The maximum absolute atomic E-state index is 6.04. The Labute approximate surface area is 167 Å². The molecule has 0 saturated heterocycles. The highest BCUT2D eigenvalue weighted by molar-refractivity contribution is 7.99. The summed E-state index contributed by atoms with van der Waals surface area (Å²) in [7, 11) is 3.99. The summed E-state index contributed by atoms with van der Waals surface area (Å²) in [4.78, 5) is 16.3. The van der Waals surface area contributed by atoms with E-state index >= 15 is 0 Å². The van der Waals surface area contributed by atoms with Gasteiger partial charge in [-0.1, -0.05) is 0 Å². The van der Waals surface area contributed by atoms with E-state index in [1.54, 1.807) is 11.8 Å². The number of aryl methyl sites for hydroxylation is 1. The molecule has 4 N–H and O–H groups in total. The van der Waals surface area contributed by atoms with Crippen LogP contribution in [0.3, 0.4) is 0 Å². The van der Waals surface area contributed by atoms with Gasteiger partial charge in [-0.3, -0.25) is 0 Å². The number of fused-ring (bicyclic) bond motifs is 2. The molecule has 0 amide bonds. The van der Waals surface area contributed by atoms with E-state index in [2.05, 4.69) is 14.5 Å². The van der Waals surface area contributed by atoms with Crippen molar-refractivity contribution < 1.29 is 9.47 Å². The molecular formula is C18H23N7O2S. The molecule has 1 aliphatic rings. The molecule has 9 nitrogen and oxygen atoms in total. The van der Waals surface area contributed by atoms with Crippen LogP contribution in [0.4, 0.5) is 11.5 Å². The van der Waals surface area contributed by atoms with Crippen LogP contribution in [0.15, 0.2) is 28.5 Å². The van der Waals surface area contributed by atoms with E-state index in [-0.39, 0.29) is 6.79 Å². The van der Waals surface area contributed by atoms with Gasteiger partial charge in [0.25, 0.3) is 0 Å². The molecule has 2 aromatic heterocycles. The molecule has 0 fully saturated rings. The van der Waals surface area contributed by atoms with Gasteiger partial charge in [-0.25, -0.2) is 15.0 Å². The first kappa shape index (κ1) is 18.6. The monoisotopic (exact) mass is 401 g/mol. The summed E-state index contributed by atoms with van der Waals surface area (Å²) < 4.78 is 13.2. The Morgan fingerprint density at radius 1 is 1.18 bits per heavy atom. The minimum atomic E-state index is 0.236. The predicted molar refractivity (Wildman–Crippen MR) is 109 cm³/mol. The second-order valence-electron chi connectivity index (χ2n) is 6.64. The summed E-state index contributed by atoms with van der Waals surface area (Å²) >= 11 is 1.55. The van der Waals surface area contributed by atoms with Gasteiger partial charge in [0.2, 0.25) is 6.79 Å². The zero-order valence-corrected chi connectivity index (χ0v) is 16.7. The Balaban J connectivity index is 1.77. The molecular weight excluding hydrogens is 378 g/mol. The van der Waals surface area contributed by atoms with Crippen LogP contribution in [0, 0.1) is 0 Å². The van der Waals surface area contributed by atoms with Gasteiger partial charge < -0.3 is 30.4 Å². The Morgan fingerprint density at radius 3 is 2.71 bits per heavy atom. The molecule has 0 atom stereocenters. The molecule has 0 bridgehead atoms. The smallest absolute Gasteiger partial charge is 0.231 e. The third-order valence-corrected chi connectivity index (χ3v) is 5.54. The van der Waals surface area contributed by atoms with Crippen LogP contribution in [-0.4, -0.2) is 47.0 Å². The van der Waals surface area contributed by atoms with E-state index in [1.807, 2.05) is 31.1 Å². The lowest BCUT2D eigenvalue weighted by molar-refractivity contribution is 0.174. The molecule has 1 aliphatic heterocycles. The van der Waals surface area contributed by atoms with Crippen LogP contribution in [0.2, 0.25) is 0 Å². The fraction of sp³-hybridized carbons (Fsp3) is 0.389. The summed E-state index contributed by atoms with van der Waals surface area (Å²) in [6.07, 6.45) is 3.33. The average Bonchev–Trinajstić information content (AvgIpc) is 3.26. The molecule has 1 aromatic carbocycles. The van der Waals surface area contributed by atoms with E-state index in [0.717, 1.165) is 52.3 Å². The van der Waals surface area contributed by atoms with E-state index < -0.39 is 0 Å². The maximum Gasteiger partial charge on any atom is 0.231 e. The molecule has 4 rings (SSSR count). The molecule has 0 aliphatic carbocycles. The van der Waals surface area contributed by atoms with E-state index in [9.17, 15) is 0 Å². The first-order valence-electron chi connectivity index (χ1n) is 9.04. The SMILES string of the molecule is CN(C)c1cc2c(cc1Sc1nc3c(N)ncnc3n1CCCCN)OCO2. The zero-order valence-electron chi connectivity index (χ0n) is 15.9. The van der Waals surface area contributed by atoms with Crippen molar-refractivity contribution in [2.75, 3.05) is 38.1 Å². The summed E-state index contributed by atoms with van der Waals surface area (Å²) in [5.41, 5.74) is 14.1. The number of anilines is 2. The molecule has 28 heavy (non-hydrogen) atoms. The van der Waals surface area contributed by atoms with Crippen molar-refractivity contribution in [3.8, 4) is 11.5 Å². The van der Waals surface area contributed by atoms with Crippen LogP contribution < -0.4 is 25.8 Å². The molecule has 0 radical (unpaired) electrons. The van der Waals surface area contributed by atoms with Crippen LogP contribution in [-0.2, 0) is 6.54 Å². The third-order valence-electron chi connectivity index (χ3n) is 4.50. The molecule has 0 saturated carbocycles. The Hall–Kier alpha value is -2.72. The number of nitrogens with two attached hydrogens (primary N) is 2. The largest absolute Gasteiger partial charge is 0.454 e. The molecule has 0 unspecified atom stereocenters. The van der Waals surface area contributed by atoms with Gasteiger partial charge in [0.1, 0.15) is 6.33 Å². The summed E-state index contributed by atoms with van der Waals surface area (Å²) in [5, 5.41) is 0.807. The van der Waals surface area contributed by atoms with Crippen LogP contribution in [0.1, 0.15) is 12.8 Å². The second-order valence-corrected chi connectivity index (χ2v) is 7.65. The Morgan fingerprint density at radius 2 is 1.96 bits per heavy atom. The number of unbranched alkanes of at least 4 members (excludes halogenated alkanes) is 1. The lowest BCUT2D eigenvalue weighted by Crippen LogP contribution is -2.10. The topological polar surface area (TPSA) is 117 Å². The van der Waals surface area contributed by atoms with Crippen molar-refractivity contribution in [2.45, 2.75) is 29.4 Å². The number of imidazole rings is 1. The number of hydrogen-bond donors (Lipinski definition) is 2. The Bertz CT molecular complexity index is 1010. The first-order chi connectivity index (χ1) is 13.6. The number of nitrogen functional groups attached to an aromatic ring is 1. The van der Waals surface area contributed by atoms with Crippen LogP contribution in [0.5, 0.6) is 11.5 Å². The second kappa shape index (κ2) is 7.72. The first-order valence-corrected chi connectivity index (χ1v) is 9.85. The lowest BCUT2D eigenvalue weighted by atomic mass is 10.2. The highest BCUT2D eigenvalue weighted by Crippen LogP contribution is 2.44. The standard InChI is InChI=1S/C18H23N7O2S/c1-24(2)11-7-12-13(27-10-26-12)8-14(11)28-18-23-15-16(20)21-9-22-17(15)25(18)6-4-3-5-19/h7-9H,3-6,10,19H2,1-2H3,(H2,20,21,22). The van der Waals surface area contributed by atoms with Crippen LogP contribution >= 0.6 is 11.8 Å². The molecule has 0 spiro atoms. The van der Waals surface area contributed by atoms with Crippen molar-refractivity contribution in [3.05, 3.63) is 18.5 Å². The fourth-order valence-corrected chi connectivity index (χ4v) is 4.20. The summed E-state index contributed by atoms with van der Waals surface area (Å²) in [5.74, 6) is 1.86. The van der Waals surface area contributed by atoms with E-state index in [4.69, 9.17) is 25.9 Å². The molecule has 148 valence electrons. The summed E-state index contributed by atoms with van der Waals surface area (Å²) in [6, 6.07) is 3.97. The minimum Gasteiger partial charge on any atom is -0.454 e. The van der Waals surface area contributed by atoms with Crippen molar-refractivity contribution >= 4 is 34.4 Å².